The van der Waals surface area contributed by atoms with Crippen molar-refractivity contribution in [3.05, 3.63) is 34.4 Å². The smallest absolute Gasteiger partial charge is 0.303 e. The molecular formula is C12H12BrNO2. The van der Waals surface area contributed by atoms with E-state index in [2.05, 4.69) is 27.0 Å². The molecule has 1 aromatic heterocycles. The maximum Gasteiger partial charge on any atom is 0.303 e. The highest BCUT2D eigenvalue weighted by Gasteiger charge is 2.02. The lowest BCUT2D eigenvalue weighted by Crippen LogP contribution is -1.95. The van der Waals surface area contributed by atoms with Gasteiger partial charge in [-0.05, 0) is 37.1 Å². The summed E-state index contributed by atoms with van der Waals surface area (Å²) in [5.41, 5.74) is 2.18. The molecule has 2 aromatic rings. The summed E-state index contributed by atoms with van der Waals surface area (Å²) in [4.78, 5) is 13.7. The number of fused-ring (bicyclic) bond motifs is 1. The number of rotatable bonds is 4. The van der Waals surface area contributed by atoms with Crippen molar-refractivity contribution in [2.24, 2.45) is 0 Å². The van der Waals surface area contributed by atoms with Crippen LogP contribution >= 0.6 is 15.9 Å². The largest absolute Gasteiger partial charge is 0.481 e. The van der Waals surface area contributed by atoms with Gasteiger partial charge in [-0.15, -0.1) is 0 Å². The monoisotopic (exact) mass is 281 g/mol. The molecule has 0 atom stereocenters. The van der Waals surface area contributed by atoms with E-state index in [9.17, 15) is 4.79 Å². The second-order valence-corrected chi connectivity index (χ2v) is 4.69. The molecule has 1 aromatic carbocycles. The van der Waals surface area contributed by atoms with Gasteiger partial charge in [0, 0.05) is 27.5 Å². The van der Waals surface area contributed by atoms with Crippen molar-refractivity contribution in [3.63, 3.8) is 0 Å². The average Bonchev–Trinajstić information content (AvgIpc) is 2.58. The second kappa shape index (κ2) is 4.70. The number of hydrogen-bond donors (Lipinski definition) is 2. The molecule has 0 saturated carbocycles. The minimum atomic E-state index is -0.737. The summed E-state index contributed by atoms with van der Waals surface area (Å²) in [7, 11) is 0. The van der Waals surface area contributed by atoms with Gasteiger partial charge in [0.25, 0.3) is 0 Å². The van der Waals surface area contributed by atoms with Gasteiger partial charge in [0.15, 0.2) is 0 Å². The summed E-state index contributed by atoms with van der Waals surface area (Å²) in [6.07, 6.45) is 1.67. The number of carbonyl (C=O) groups is 1. The van der Waals surface area contributed by atoms with Crippen LogP contribution < -0.4 is 0 Å². The molecule has 2 N–H and O–H groups in total. The first kappa shape index (κ1) is 11.2. The van der Waals surface area contributed by atoms with Gasteiger partial charge in [-0.2, -0.15) is 0 Å². The summed E-state index contributed by atoms with van der Waals surface area (Å²) >= 11 is 3.42. The van der Waals surface area contributed by atoms with Crippen LogP contribution in [0.4, 0.5) is 0 Å². The van der Waals surface area contributed by atoms with Crippen molar-refractivity contribution in [2.45, 2.75) is 19.3 Å². The zero-order valence-corrected chi connectivity index (χ0v) is 10.3. The zero-order valence-electron chi connectivity index (χ0n) is 8.66. The Morgan fingerprint density at radius 2 is 2.19 bits per heavy atom. The Bertz CT molecular complexity index is 519. The number of benzene rings is 1. The maximum atomic E-state index is 10.4. The Kier molecular flexibility index (Phi) is 3.29. The van der Waals surface area contributed by atoms with E-state index in [1.807, 2.05) is 18.2 Å². The standard InChI is InChI=1S/C12H12BrNO2/c13-9-4-5-11-8(6-9)7-10(14-11)2-1-3-12(15)16/h4-7,14H,1-3H2,(H,15,16). The van der Waals surface area contributed by atoms with E-state index >= 15 is 0 Å². The SMILES string of the molecule is O=C(O)CCCc1cc2cc(Br)ccc2[nH]1. The van der Waals surface area contributed by atoms with Crippen LogP contribution in [0.2, 0.25) is 0 Å². The molecule has 0 aliphatic heterocycles. The molecule has 4 heteroatoms. The Morgan fingerprint density at radius 3 is 2.94 bits per heavy atom. The Labute approximate surface area is 102 Å². The van der Waals surface area contributed by atoms with Crippen molar-refractivity contribution < 1.29 is 9.90 Å². The van der Waals surface area contributed by atoms with Gasteiger partial charge in [-0.1, -0.05) is 15.9 Å². The van der Waals surface area contributed by atoms with Crippen LogP contribution in [0.1, 0.15) is 18.5 Å². The van der Waals surface area contributed by atoms with Gasteiger partial charge in [-0.25, -0.2) is 0 Å². The van der Waals surface area contributed by atoms with E-state index in [0.29, 0.717) is 6.42 Å². The lowest BCUT2D eigenvalue weighted by Gasteiger charge is -1.94. The van der Waals surface area contributed by atoms with Crippen LogP contribution in [0.15, 0.2) is 28.7 Å². The van der Waals surface area contributed by atoms with Gasteiger partial charge in [-0.3, -0.25) is 4.79 Å². The van der Waals surface area contributed by atoms with Crippen LogP contribution in [0.5, 0.6) is 0 Å². The molecule has 0 aliphatic rings. The zero-order chi connectivity index (χ0) is 11.5. The first-order chi connectivity index (χ1) is 7.65. The third-order valence-corrected chi connectivity index (χ3v) is 2.97. The highest BCUT2D eigenvalue weighted by Crippen LogP contribution is 2.21. The van der Waals surface area contributed by atoms with Crippen LogP contribution in [-0.4, -0.2) is 16.1 Å². The molecule has 0 spiro atoms. The highest BCUT2D eigenvalue weighted by molar-refractivity contribution is 9.10. The molecule has 0 aliphatic carbocycles. The van der Waals surface area contributed by atoms with Crippen molar-refractivity contribution in [1.82, 2.24) is 4.98 Å². The Hall–Kier alpha value is -1.29. The van der Waals surface area contributed by atoms with E-state index in [-0.39, 0.29) is 6.42 Å². The first-order valence-corrected chi connectivity index (χ1v) is 5.93. The number of aryl methyl sites for hydroxylation is 1. The Morgan fingerprint density at radius 1 is 1.38 bits per heavy atom. The number of carboxylic acid groups (broad SMARTS) is 1. The van der Waals surface area contributed by atoms with E-state index in [4.69, 9.17) is 5.11 Å². The number of nitrogens with one attached hydrogen (secondary N) is 1. The van der Waals surface area contributed by atoms with E-state index in [1.165, 1.54) is 0 Å². The second-order valence-electron chi connectivity index (χ2n) is 3.77. The number of aromatic nitrogens is 1. The topological polar surface area (TPSA) is 53.1 Å². The average molecular weight is 282 g/mol. The van der Waals surface area contributed by atoms with Crippen LogP contribution in [0.3, 0.4) is 0 Å². The lowest BCUT2D eigenvalue weighted by atomic mass is 10.2. The lowest BCUT2D eigenvalue weighted by molar-refractivity contribution is -0.137. The fraction of sp³-hybridized carbons (Fsp3) is 0.250. The summed E-state index contributed by atoms with van der Waals surface area (Å²) < 4.78 is 1.05. The molecule has 0 unspecified atom stereocenters. The predicted molar refractivity (Wildman–Crippen MR) is 66.6 cm³/mol. The molecule has 2 rings (SSSR count). The van der Waals surface area contributed by atoms with E-state index in [0.717, 1.165) is 27.5 Å². The first-order valence-electron chi connectivity index (χ1n) is 5.14. The number of hydrogen-bond acceptors (Lipinski definition) is 1. The predicted octanol–water partition coefficient (Wildman–Crippen LogP) is 3.34. The molecule has 0 bridgehead atoms. The number of aromatic amines is 1. The van der Waals surface area contributed by atoms with Crippen molar-refractivity contribution >= 4 is 32.8 Å². The van der Waals surface area contributed by atoms with Crippen LogP contribution in [-0.2, 0) is 11.2 Å². The molecule has 3 nitrogen and oxygen atoms in total. The van der Waals surface area contributed by atoms with Gasteiger partial charge in [0.05, 0.1) is 0 Å². The molecule has 0 saturated heterocycles. The van der Waals surface area contributed by atoms with E-state index in [1.54, 1.807) is 0 Å². The molecular weight excluding hydrogens is 270 g/mol. The molecule has 0 amide bonds. The molecule has 16 heavy (non-hydrogen) atoms. The van der Waals surface area contributed by atoms with Crippen molar-refractivity contribution in [2.75, 3.05) is 0 Å². The summed E-state index contributed by atoms with van der Waals surface area (Å²) in [5, 5.41) is 9.70. The Balaban J connectivity index is 2.10. The van der Waals surface area contributed by atoms with Crippen LogP contribution in [0.25, 0.3) is 10.9 Å². The van der Waals surface area contributed by atoms with Crippen molar-refractivity contribution in [3.8, 4) is 0 Å². The normalized spacial score (nSPS) is 10.8. The minimum Gasteiger partial charge on any atom is -0.481 e. The molecule has 0 fully saturated rings. The fourth-order valence-electron chi connectivity index (χ4n) is 1.73. The molecule has 84 valence electrons. The summed E-state index contributed by atoms with van der Waals surface area (Å²) in [6, 6.07) is 8.12. The number of aliphatic carboxylic acids is 1. The number of carboxylic acids is 1. The maximum absolute atomic E-state index is 10.4. The fourth-order valence-corrected chi connectivity index (χ4v) is 2.11. The quantitative estimate of drug-likeness (QED) is 0.903. The third-order valence-electron chi connectivity index (χ3n) is 2.48. The number of halogens is 1. The summed E-state index contributed by atoms with van der Waals surface area (Å²) in [5.74, 6) is -0.737. The van der Waals surface area contributed by atoms with Crippen LogP contribution in [0, 0.1) is 0 Å². The van der Waals surface area contributed by atoms with Gasteiger partial charge >= 0.3 is 5.97 Å². The van der Waals surface area contributed by atoms with Gasteiger partial charge < -0.3 is 10.1 Å². The molecule has 1 heterocycles. The number of H-pyrrole nitrogens is 1. The summed E-state index contributed by atoms with van der Waals surface area (Å²) in [6.45, 7) is 0. The minimum absolute atomic E-state index is 0.221. The third kappa shape index (κ3) is 2.64. The molecule has 0 radical (unpaired) electrons. The van der Waals surface area contributed by atoms with Gasteiger partial charge in [0.1, 0.15) is 0 Å². The van der Waals surface area contributed by atoms with Crippen molar-refractivity contribution in [1.29, 1.82) is 0 Å². The highest BCUT2D eigenvalue weighted by atomic mass is 79.9. The van der Waals surface area contributed by atoms with E-state index < -0.39 is 5.97 Å². The van der Waals surface area contributed by atoms with Gasteiger partial charge in [0.2, 0.25) is 0 Å².